The Kier molecular flexibility index (Phi) is 5.35. The van der Waals surface area contributed by atoms with Gasteiger partial charge in [-0.2, -0.15) is 0 Å². The maximum atomic E-state index is 12.1. The molecule has 7 heteroatoms. The number of aliphatic carboxylic acids is 1. The number of amides is 3. The van der Waals surface area contributed by atoms with Crippen molar-refractivity contribution in [1.29, 1.82) is 0 Å². The van der Waals surface area contributed by atoms with Crippen LogP contribution in [0.5, 0.6) is 0 Å². The summed E-state index contributed by atoms with van der Waals surface area (Å²) in [5.41, 5.74) is 4.17. The van der Waals surface area contributed by atoms with Crippen LogP contribution in [-0.2, 0) is 9.59 Å². The van der Waals surface area contributed by atoms with Crippen LogP contribution in [0.4, 0.5) is 4.79 Å². The second-order valence-corrected chi connectivity index (χ2v) is 5.74. The molecule has 1 rings (SSSR count). The van der Waals surface area contributed by atoms with E-state index in [0.717, 1.165) is 12.8 Å². The highest BCUT2D eigenvalue weighted by molar-refractivity contribution is 5.87. The Labute approximate surface area is 118 Å². The van der Waals surface area contributed by atoms with Crippen molar-refractivity contribution in [3.63, 3.8) is 0 Å². The van der Waals surface area contributed by atoms with Gasteiger partial charge in [0.05, 0.1) is 5.41 Å². The number of carbonyl (C=O) groups excluding carboxylic acids is 2. The summed E-state index contributed by atoms with van der Waals surface area (Å²) in [4.78, 5) is 34.3. The van der Waals surface area contributed by atoms with Crippen LogP contribution in [0.2, 0.25) is 0 Å². The largest absolute Gasteiger partial charge is 0.481 e. The van der Waals surface area contributed by atoms with Gasteiger partial charge in [0.1, 0.15) is 6.04 Å². The highest BCUT2D eigenvalue weighted by atomic mass is 16.4. The average molecular weight is 285 g/mol. The number of rotatable bonds is 6. The predicted octanol–water partition coefficient (Wildman–Crippen LogP) is 0.441. The molecule has 1 atom stereocenters. The van der Waals surface area contributed by atoms with Gasteiger partial charge in [-0.05, 0) is 18.8 Å². The first-order valence-electron chi connectivity index (χ1n) is 6.85. The Morgan fingerprint density at radius 3 is 2.20 bits per heavy atom. The molecule has 0 aromatic carbocycles. The maximum Gasteiger partial charge on any atom is 0.312 e. The fraction of sp³-hybridized carbons (Fsp3) is 0.769. The third-order valence-electron chi connectivity index (χ3n) is 3.86. The van der Waals surface area contributed by atoms with Crippen LogP contribution >= 0.6 is 0 Å². The number of primary amides is 1. The van der Waals surface area contributed by atoms with Crippen molar-refractivity contribution in [2.45, 2.75) is 45.6 Å². The second-order valence-electron chi connectivity index (χ2n) is 5.74. The Hall–Kier alpha value is -1.79. The Balaban J connectivity index is 2.64. The molecule has 1 fully saturated rings. The van der Waals surface area contributed by atoms with E-state index in [1.165, 1.54) is 0 Å². The van der Waals surface area contributed by atoms with Gasteiger partial charge in [-0.1, -0.05) is 26.7 Å². The minimum atomic E-state index is -0.876. The monoisotopic (exact) mass is 285 g/mol. The van der Waals surface area contributed by atoms with Gasteiger partial charge in [-0.25, -0.2) is 4.79 Å². The summed E-state index contributed by atoms with van der Waals surface area (Å²) in [7, 11) is 0. The fourth-order valence-corrected chi connectivity index (χ4v) is 2.57. The first kappa shape index (κ1) is 16.3. The molecule has 1 aliphatic rings. The summed E-state index contributed by atoms with van der Waals surface area (Å²) < 4.78 is 0. The molecule has 0 radical (unpaired) electrons. The van der Waals surface area contributed by atoms with Crippen LogP contribution < -0.4 is 16.4 Å². The van der Waals surface area contributed by atoms with Crippen LogP contribution in [0.25, 0.3) is 0 Å². The number of carboxylic acids is 1. The molecule has 0 spiro atoms. The van der Waals surface area contributed by atoms with Crippen molar-refractivity contribution >= 4 is 17.9 Å². The quantitative estimate of drug-likeness (QED) is 0.565. The fourth-order valence-electron chi connectivity index (χ4n) is 2.57. The maximum absolute atomic E-state index is 12.1. The normalized spacial score (nSPS) is 18.6. The third-order valence-corrected chi connectivity index (χ3v) is 3.86. The predicted molar refractivity (Wildman–Crippen MR) is 72.9 cm³/mol. The standard InChI is InChI=1S/C13H23N3O4/c1-8(2)9(16-12(14)20)10(17)15-7-13(11(18)19)5-3-4-6-13/h8-9H,3-7H2,1-2H3,(H,15,17)(H,18,19)(H3,14,16,20). The summed E-state index contributed by atoms with van der Waals surface area (Å²) in [6, 6.07) is -1.52. The topological polar surface area (TPSA) is 122 Å². The lowest BCUT2D eigenvalue weighted by Gasteiger charge is -2.26. The lowest BCUT2D eigenvalue weighted by molar-refractivity contribution is -0.148. The van der Waals surface area contributed by atoms with Crippen LogP contribution in [0.15, 0.2) is 0 Å². The molecule has 1 unspecified atom stereocenters. The molecule has 0 aromatic heterocycles. The van der Waals surface area contributed by atoms with Gasteiger partial charge in [-0.15, -0.1) is 0 Å². The molecule has 20 heavy (non-hydrogen) atoms. The molecular weight excluding hydrogens is 262 g/mol. The molecule has 0 aromatic rings. The summed E-state index contributed by atoms with van der Waals surface area (Å²) in [6.07, 6.45) is 2.85. The van der Waals surface area contributed by atoms with Gasteiger partial charge in [0.15, 0.2) is 0 Å². The highest BCUT2D eigenvalue weighted by Gasteiger charge is 2.41. The number of hydrogen-bond donors (Lipinski definition) is 4. The molecule has 3 amide bonds. The smallest absolute Gasteiger partial charge is 0.312 e. The number of hydrogen-bond acceptors (Lipinski definition) is 3. The first-order chi connectivity index (χ1) is 9.28. The lowest BCUT2D eigenvalue weighted by Crippen LogP contribution is -2.53. The van der Waals surface area contributed by atoms with Gasteiger partial charge in [0, 0.05) is 6.54 Å². The van der Waals surface area contributed by atoms with E-state index in [4.69, 9.17) is 5.73 Å². The van der Waals surface area contributed by atoms with E-state index in [1.54, 1.807) is 13.8 Å². The number of carboxylic acid groups (broad SMARTS) is 1. The van der Waals surface area contributed by atoms with Crippen molar-refractivity contribution in [2.75, 3.05) is 6.54 Å². The zero-order valence-corrected chi connectivity index (χ0v) is 11.9. The number of nitrogens with one attached hydrogen (secondary N) is 2. The van der Waals surface area contributed by atoms with E-state index in [2.05, 4.69) is 10.6 Å². The summed E-state index contributed by atoms with van der Waals surface area (Å²) in [6.45, 7) is 3.65. The van der Waals surface area contributed by atoms with Gasteiger partial charge < -0.3 is 21.5 Å². The summed E-state index contributed by atoms with van der Waals surface area (Å²) >= 11 is 0. The van der Waals surface area contributed by atoms with Gasteiger partial charge in [0.2, 0.25) is 5.91 Å². The Bertz CT molecular complexity index is 389. The molecule has 0 saturated heterocycles. The SMILES string of the molecule is CC(C)C(NC(N)=O)C(=O)NCC1(C(=O)O)CCCC1. The molecule has 1 aliphatic carbocycles. The lowest BCUT2D eigenvalue weighted by atomic mass is 9.86. The molecule has 0 heterocycles. The molecule has 7 nitrogen and oxygen atoms in total. The zero-order chi connectivity index (χ0) is 15.3. The summed E-state index contributed by atoms with van der Waals surface area (Å²) in [5, 5.41) is 14.3. The molecule has 1 saturated carbocycles. The van der Waals surface area contributed by atoms with Gasteiger partial charge in [0.25, 0.3) is 0 Å². The highest BCUT2D eigenvalue weighted by Crippen LogP contribution is 2.37. The van der Waals surface area contributed by atoms with Crippen molar-refractivity contribution in [2.24, 2.45) is 17.1 Å². The van der Waals surface area contributed by atoms with Crippen LogP contribution in [0.1, 0.15) is 39.5 Å². The van der Waals surface area contributed by atoms with E-state index in [0.29, 0.717) is 12.8 Å². The minimum absolute atomic E-state index is 0.0881. The van der Waals surface area contributed by atoms with Gasteiger partial charge >= 0.3 is 12.0 Å². The van der Waals surface area contributed by atoms with E-state index in [9.17, 15) is 19.5 Å². The Morgan fingerprint density at radius 2 is 1.80 bits per heavy atom. The molecular formula is C13H23N3O4. The van der Waals surface area contributed by atoms with E-state index in [-0.39, 0.29) is 12.5 Å². The summed E-state index contributed by atoms with van der Waals surface area (Å²) in [5.74, 6) is -1.41. The number of urea groups is 1. The molecule has 5 N–H and O–H groups in total. The van der Waals surface area contributed by atoms with Crippen molar-refractivity contribution in [1.82, 2.24) is 10.6 Å². The van der Waals surface area contributed by atoms with Crippen molar-refractivity contribution < 1.29 is 19.5 Å². The average Bonchev–Trinajstić information content (AvgIpc) is 2.82. The Morgan fingerprint density at radius 1 is 1.25 bits per heavy atom. The number of nitrogens with two attached hydrogens (primary N) is 1. The first-order valence-corrected chi connectivity index (χ1v) is 6.85. The third kappa shape index (κ3) is 3.85. The molecule has 0 aliphatic heterocycles. The molecule has 114 valence electrons. The van der Waals surface area contributed by atoms with E-state index < -0.39 is 29.4 Å². The van der Waals surface area contributed by atoms with Crippen LogP contribution in [0, 0.1) is 11.3 Å². The van der Waals surface area contributed by atoms with Crippen molar-refractivity contribution in [3.05, 3.63) is 0 Å². The minimum Gasteiger partial charge on any atom is -0.481 e. The van der Waals surface area contributed by atoms with Crippen LogP contribution in [-0.4, -0.2) is 35.6 Å². The van der Waals surface area contributed by atoms with Gasteiger partial charge in [-0.3, -0.25) is 9.59 Å². The zero-order valence-electron chi connectivity index (χ0n) is 11.9. The second kappa shape index (κ2) is 6.58. The van der Waals surface area contributed by atoms with E-state index >= 15 is 0 Å². The number of carbonyl (C=O) groups is 3. The van der Waals surface area contributed by atoms with E-state index in [1.807, 2.05) is 0 Å². The van der Waals surface area contributed by atoms with Crippen LogP contribution in [0.3, 0.4) is 0 Å². The molecule has 0 bridgehead atoms. The van der Waals surface area contributed by atoms with Crippen molar-refractivity contribution in [3.8, 4) is 0 Å².